The maximum Gasteiger partial charge on any atom is 0.240 e. The Labute approximate surface area is 147 Å². The van der Waals surface area contributed by atoms with Crippen molar-refractivity contribution in [3.8, 4) is 5.75 Å². The lowest BCUT2D eigenvalue weighted by Gasteiger charge is -2.34. The lowest BCUT2D eigenvalue weighted by molar-refractivity contribution is 0.117. The quantitative estimate of drug-likeness (QED) is 0.825. The highest BCUT2D eigenvalue weighted by Crippen LogP contribution is 2.23. The molecule has 1 fully saturated rings. The number of piperidine rings is 1. The van der Waals surface area contributed by atoms with Crippen molar-refractivity contribution in [1.29, 1.82) is 0 Å². The van der Waals surface area contributed by atoms with E-state index in [1.165, 1.54) is 24.8 Å². The second-order valence-corrected chi connectivity index (χ2v) is 7.23. The molecule has 1 aliphatic rings. The van der Waals surface area contributed by atoms with Gasteiger partial charge in [0.1, 0.15) is 5.75 Å². The van der Waals surface area contributed by atoms with Gasteiger partial charge in [-0.3, -0.25) is 4.90 Å². The van der Waals surface area contributed by atoms with Crippen molar-refractivity contribution in [2.45, 2.75) is 50.4 Å². The van der Waals surface area contributed by atoms with E-state index < -0.39 is 0 Å². The summed E-state index contributed by atoms with van der Waals surface area (Å²) >= 11 is 1.70. The molecule has 1 aromatic heterocycles. The molecule has 1 saturated heterocycles. The van der Waals surface area contributed by atoms with Crippen molar-refractivity contribution in [1.82, 2.24) is 15.0 Å². The third kappa shape index (κ3) is 4.74. The van der Waals surface area contributed by atoms with Crippen LogP contribution < -0.4 is 0 Å². The fourth-order valence-corrected chi connectivity index (χ4v) is 3.68. The molecule has 2 heterocycles. The zero-order valence-electron chi connectivity index (χ0n) is 14.1. The summed E-state index contributed by atoms with van der Waals surface area (Å²) in [6.07, 6.45) is 7.95. The summed E-state index contributed by atoms with van der Waals surface area (Å²) in [5, 5.41) is 13.4. The number of benzene rings is 1. The number of rotatable bonds is 7. The van der Waals surface area contributed by atoms with Crippen molar-refractivity contribution < 1.29 is 9.63 Å². The molecule has 1 aromatic carbocycles. The summed E-state index contributed by atoms with van der Waals surface area (Å²) in [7, 11) is 0. The Morgan fingerprint density at radius 2 is 2.12 bits per heavy atom. The molecule has 0 bridgehead atoms. The number of likely N-dealkylation sites (tertiary alicyclic amines) is 1. The van der Waals surface area contributed by atoms with Crippen LogP contribution in [0.15, 0.2) is 28.8 Å². The van der Waals surface area contributed by atoms with E-state index in [1.54, 1.807) is 23.9 Å². The number of thioether (sulfide) groups is 1. The second-order valence-electron chi connectivity index (χ2n) is 6.36. The molecule has 1 atom stereocenters. The Kier molecular flexibility index (Phi) is 6.15. The summed E-state index contributed by atoms with van der Waals surface area (Å²) in [6.45, 7) is 1.85. The summed E-state index contributed by atoms with van der Waals surface area (Å²) in [5.74, 6) is 2.65. The Bertz CT molecular complexity index is 629. The Morgan fingerprint density at radius 3 is 2.92 bits per heavy atom. The molecule has 0 saturated carbocycles. The van der Waals surface area contributed by atoms with E-state index in [-0.39, 0.29) is 0 Å². The van der Waals surface area contributed by atoms with Crippen molar-refractivity contribution in [2.24, 2.45) is 0 Å². The average Bonchev–Trinajstić information content (AvgIpc) is 3.03. The Morgan fingerprint density at radius 1 is 1.29 bits per heavy atom. The van der Waals surface area contributed by atoms with Crippen LogP contribution in [0, 0.1) is 0 Å². The largest absolute Gasteiger partial charge is 0.508 e. The highest BCUT2D eigenvalue weighted by molar-refractivity contribution is 7.97. The van der Waals surface area contributed by atoms with E-state index in [2.05, 4.69) is 15.0 Å². The Hall–Kier alpha value is -1.53. The van der Waals surface area contributed by atoms with Crippen molar-refractivity contribution in [3.05, 3.63) is 41.5 Å². The smallest absolute Gasteiger partial charge is 0.240 e. The monoisotopic (exact) mass is 347 g/mol. The van der Waals surface area contributed by atoms with Gasteiger partial charge < -0.3 is 9.63 Å². The van der Waals surface area contributed by atoms with Gasteiger partial charge in [0.05, 0.1) is 12.3 Å². The van der Waals surface area contributed by atoms with Gasteiger partial charge in [-0.2, -0.15) is 16.7 Å². The zero-order valence-corrected chi connectivity index (χ0v) is 15.0. The molecule has 1 N–H and O–H groups in total. The first kappa shape index (κ1) is 17.3. The Balaban J connectivity index is 1.57. The van der Waals surface area contributed by atoms with E-state index in [4.69, 9.17) is 4.52 Å². The molecule has 0 amide bonds. The van der Waals surface area contributed by atoms with Crippen LogP contribution in [-0.4, -0.2) is 39.0 Å². The van der Waals surface area contributed by atoms with Gasteiger partial charge in [0, 0.05) is 6.04 Å². The summed E-state index contributed by atoms with van der Waals surface area (Å²) in [4.78, 5) is 6.97. The number of phenolic OH excluding ortho intramolecular Hbond substituents is 1. The van der Waals surface area contributed by atoms with Gasteiger partial charge in [-0.1, -0.05) is 23.7 Å². The molecule has 6 heteroatoms. The first-order valence-corrected chi connectivity index (χ1v) is 9.96. The van der Waals surface area contributed by atoms with Gasteiger partial charge in [-0.15, -0.1) is 0 Å². The normalized spacial score (nSPS) is 18.8. The van der Waals surface area contributed by atoms with Crippen LogP contribution in [-0.2, 0) is 18.7 Å². The van der Waals surface area contributed by atoms with Crippen LogP contribution in [0.3, 0.4) is 0 Å². The van der Waals surface area contributed by atoms with Crippen LogP contribution in [0.4, 0.5) is 0 Å². The number of aromatic hydroxyl groups is 1. The fraction of sp³-hybridized carbons (Fsp3) is 0.556. The number of nitrogens with zero attached hydrogens (tertiary/aromatic N) is 3. The van der Waals surface area contributed by atoms with E-state index >= 15 is 0 Å². The topological polar surface area (TPSA) is 62.4 Å². The van der Waals surface area contributed by atoms with Crippen LogP contribution in [0.25, 0.3) is 0 Å². The van der Waals surface area contributed by atoms with E-state index in [9.17, 15) is 5.11 Å². The van der Waals surface area contributed by atoms with Crippen LogP contribution in [0.2, 0.25) is 0 Å². The van der Waals surface area contributed by atoms with Crippen LogP contribution in [0.5, 0.6) is 5.75 Å². The standard InChI is InChI=1S/C18H25N3O2S/c1-24-13-17-19-18(23-20-17)12-21-11-3-2-4-15(21)8-5-14-6-9-16(22)10-7-14/h6-7,9-10,15,22H,2-5,8,11-13H2,1H3/t15-/m0/s1. The van der Waals surface area contributed by atoms with Crippen LogP contribution >= 0.6 is 11.8 Å². The lowest BCUT2D eigenvalue weighted by Crippen LogP contribution is -2.39. The van der Waals surface area contributed by atoms with Crippen molar-refractivity contribution in [3.63, 3.8) is 0 Å². The zero-order chi connectivity index (χ0) is 16.8. The predicted octanol–water partition coefficient (Wildman–Crippen LogP) is 3.63. The third-order valence-corrected chi connectivity index (χ3v) is 5.12. The van der Waals surface area contributed by atoms with Gasteiger partial charge >= 0.3 is 0 Å². The molecule has 0 radical (unpaired) electrons. The molecular formula is C18H25N3O2S. The van der Waals surface area contributed by atoms with E-state index in [1.807, 2.05) is 18.4 Å². The van der Waals surface area contributed by atoms with Crippen molar-refractivity contribution >= 4 is 11.8 Å². The molecule has 24 heavy (non-hydrogen) atoms. The molecule has 5 nitrogen and oxygen atoms in total. The first-order chi connectivity index (χ1) is 11.7. The molecule has 0 unspecified atom stereocenters. The van der Waals surface area contributed by atoms with Gasteiger partial charge in [-0.05, 0) is 56.2 Å². The second kappa shape index (κ2) is 8.53. The van der Waals surface area contributed by atoms with Gasteiger partial charge in [0.2, 0.25) is 5.89 Å². The minimum Gasteiger partial charge on any atom is -0.508 e. The van der Waals surface area contributed by atoms with E-state index in [0.717, 1.165) is 43.4 Å². The molecule has 0 aliphatic carbocycles. The SMILES string of the molecule is CSCc1noc(CN2CCCC[C@H]2CCc2ccc(O)cc2)n1. The van der Waals surface area contributed by atoms with Gasteiger partial charge in [-0.25, -0.2) is 0 Å². The number of aryl methyl sites for hydroxylation is 1. The van der Waals surface area contributed by atoms with Gasteiger partial charge in [0.25, 0.3) is 0 Å². The highest BCUT2D eigenvalue weighted by atomic mass is 32.2. The molecule has 0 spiro atoms. The summed E-state index contributed by atoms with van der Waals surface area (Å²) in [6, 6.07) is 8.10. The number of phenols is 1. The van der Waals surface area contributed by atoms with E-state index in [0.29, 0.717) is 11.8 Å². The molecule has 1 aliphatic heterocycles. The van der Waals surface area contributed by atoms with Crippen LogP contribution in [0.1, 0.15) is 43.0 Å². The van der Waals surface area contributed by atoms with Gasteiger partial charge in [0.15, 0.2) is 5.82 Å². The maximum absolute atomic E-state index is 9.39. The third-order valence-electron chi connectivity index (χ3n) is 4.57. The predicted molar refractivity (Wildman–Crippen MR) is 96.0 cm³/mol. The van der Waals surface area contributed by atoms with Crippen molar-refractivity contribution in [2.75, 3.05) is 12.8 Å². The molecular weight excluding hydrogens is 322 g/mol. The minimum atomic E-state index is 0.329. The minimum absolute atomic E-state index is 0.329. The first-order valence-electron chi connectivity index (χ1n) is 8.57. The molecule has 130 valence electrons. The maximum atomic E-state index is 9.39. The molecule has 3 rings (SSSR count). The highest BCUT2D eigenvalue weighted by Gasteiger charge is 2.24. The average molecular weight is 347 g/mol. The lowest BCUT2D eigenvalue weighted by atomic mass is 9.96. The number of aromatic nitrogens is 2. The molecule has 2 aromatic rings. The number of hydrogen-bond acceptors (Lipinski definition) is 6. The summed E-state index contributed by atoms with van der Waals surface area (Å²) in [5.41, 5.74) is 1.28. The number of hydrogen-bond donors (Lipinski definition) is 1. The fourth-order valence-electron chi connectivity index (χ4n) is 3.31. The summed E-state index contributed by atoms with van der Waals surface area (Å²) < 4.78 is 5.40.